The maximum absolute atomic E-state index is 12.5. The summed E-state index contributed by atoms with van der Waals surface area (Å²) in [5, 5.41) is 3.43. The van der Waals surface area contributed by atoms with Crippen LogP contribution in [0.5, 0.6) is 0 Å². The maximum Gasteiger partial charge on any atom is 0.272 e. The molecule has 2 amide bonds. The van der Waals surface area contributed by atoms with Gasteiger partial charge in [-0.05, 0) is 25.0 Å². The Bertz CT molecular complexity index is 786. The third kappa shape index (κ3) is 3.40. The van der Waals surface area contributed by atoms with Crippen molar-refractivity contribution < 1.29 is 14.3 Å². The van der Waals surface area contributed by atoms with Crippen molar-refractivity contribution in [2.75, 3.05) is 18.5 Å². The van der Waals surface area contributed by atoms with Crippen molar-refractivity contribution in [3.63, 3.8) is 0 Å². The first-order chi connectivity index (χ1) is 12.2. The molecule has 4 rings (SSSR count). The van der Waals surface area contributed by atoms with Crippen molar-refractivity contribution in [3.8, 4) is 0 Å². The van der Waals surface area contributed by atoms with Gasteiger partial charge in [0.15, 0.2) is 5.13 Å². The molecule has 1 unspecified atom stereocenters. The zero-order chi connectivity index (χ0) is 17.2. The Balaban J connectivity index is 1.44. The lowest BCUT2D eigenvalue weighted by atomic mass is 10.1. The van der Waals surface area contributed by atoms with Gasteiger partial charge in [-0.1, -0.05) is 17.4 Å². The van der Waals surface area contributed by atoms with Crippen LogP contribution in [0.3, 0.4) is 0 Å². The number of pyridine rings is 1. The fourth-order valence-corrected chi connectivity index (χ4v) is 4.07. The molecule has 8 heteroatoms. The number of anilines is 1. The summed E-state index contributed by atoms with van der Waals surface area (Å²) in [6.45, 7) is 1.74. The van der Waals surface area contributed by atoms with Crippen molar-refractivity contribution in [3.05, 3.63) is 40.7 Å². The Morgan fingerprint density at radius 2 is 2.28 bits per heavy atom. The number of fused-ring (bicyclic) bond motifs is 1. The Morgan fingerprint density at radius 3 is 3.04 bits per heavy atom. The molecule has 7 nitrogen and oxygen atoms in total. The topological polar surface area (TPSA) is 84.4 Å². The molecular weight excluding hydrogens is 340 g/mol. The lowest BCUT2D eigenvalue weighted by Gasteiger charge is -2.25. The minimum atomic E-state index is -0.372. The van der Waals surface area contributed by atoms with Crippen LogP contribution < -0.4 is 5.32 Å². The monoisotopic (exact) mass is 358 g/mol. The van der Waals surface area contributed by atoms with Crippen LogP contribution in [-0.2, 0) is 22.5 Å². The second-order valence-electron chi connectivity index (χ2n) is 6.07. The SMILES string of the molecule is O=C(Nc1nc2c(s1)CN(C(=O)c1ccccn1)CC2)C1CCCO1. The van der Waals surface area contributed by atoms with Gasteiger partial charge in [0.1, 0.15) is 11.8 Å². The molecule has 2 aromatic rings. The van der Waals surface area contributed by atoms with Crippen molar-refractivity contribution in [2.45, 2.75) is 31.9 Å². The highest BCUT2D eigenvalue weighted by Crippen LogP contribution is 2.29. The first kappa shape index (κ1) is 16.2. The van der Waals surface area contributed by atoms with E-state index in [0.717, 1.165) is 23.4 Å². The molecule has 2 aliphatic rings. The fraction of sp³-hybridized carbons (Fsp3) is 0.412. The second kappa shape index (κ2) is 6.89. The van der Waals surface area contributed by atoms with Crippen LogP contribution >= 0.6 is 11.3 Å². The molecule has 4 heterocycles. The van der Waals surface area contributed by atoms with Crippen LogP contribution in [0.15, 0.2) is 24.4 Å². The Morgan fingerprint density at radius 1 is 1.36 bits per heavy atom. The largest absolute Gasteiger partial charge is 0.368 e. The molecular formula is C17H18N4O3S. The van der Waals surface area contributed by atoms with Crippen molar-refractivity contribution in [2.24, 2.45) is 0 Å². The van der Waals surface area contributed by atoms with Gasteiger partial charge in [0.25, 0.3) is 11.8 Å². The van der Waals surface area contributed by atoms with Crippen LogP contribution in [0.2, 0.25) is 0 Å². The zero-order valence-electron chi connectivity index (χ0n) is 13.6. The zero-order valence-corrected chi connectivity index (χ0v) is 14.4. The molecule has 0 spiro atoms. The smallest absolute Gasteiger partial charge is 0.272 e. The van der Waals surface area contributed by atoms with Crippen LogP contribution in [0, 0.1) is 0 Å². The van der Waals surface area contributed by atoms with Gasteiger partial charge in [-0.2, -0.15) is 0 Å². The van der Waals surface area contributed by atoms with Crippen LogP contribution in [0.25, 0.3) is 0 Å². The third-order valence-corrected chi connectivity index (χ3v) is 5.35. The molecule has 1 fully saturated rings. The standard InChI is InChI=1S/C17H18N4O3S/c22-15(13-5-3-9-24-13)20-17-19-11-6-8-21(10-14(11)25-17)16(23)12-4-1-2-7-18-12/h1-2,4,7,13H,3,5-6,8-10H2,(H,19,20,22). The minimum Gasteiger partial charge on any atom is -0.368 e. The van der Waals surface area contributed by atoms with E-state index in [1.54, 1.807) is 29.3 Å². The molecule has 0 radical (unpaired) electrons. The maximum atomic E-state index is 12.5. The van der Waals surface area contributed by atoms with E-state index in [1.807, 2.05) is 0 Å². The average Bonchev–Trinajstić information content (AvgIpc) is 3.30. The molecule has 1 saturated heterocycles. The van der Waals surface area contributed by atoms with Gasteiger partial charge < -0.3 is 9.64 Å². The highest BCUT2D eigenvalue weighted by atomic mass is 32.1. The summed E-state index contributed by atoms with van der Waals surface area (Å²) in [6, 6.07) is 5.32. The summed E-state index contributed by atoms with van der Waals surface area (Å²) in [5.41, 5.74) is 1.40. The van der Waals surface area contributed by atoms with E-state index in [2.05, 4.69) is 15.3 Å². The van der Waals surface area contributed by atoms with E-state index in [9.17, 15) is 9.59 Å². The quantitative estimate of drug-likeness (QED) is 0.905. The van der Waals surface area contributed by atoms with E-state index in [-0.39, 0.29) is 17.9 Å². The van der Waals surface area contributed by atoms with E-state index in [0.29, 0.717) is 36.9 Å². The van der Waals surface area contributed by atoms with Gasteiger partial charge in [0.05, 0.1) is 12.2 Å². The van der Waals surface area contributed by atoms with E-state index >= 15 is 0 Å². The summed E-state index contributed by atoms with van der Waals surface area (Å²) in [7, 11) is 0. The van der Waals surface area contributed by atoms with Gasteiger partial charge >= 0.3 is 0 Å². The summed E-state index contributed by atoms with van der Waals surface area (Å²) >= 11 is 1.43. The number of carbonyl (C=O) groups excluding carboxylic acids is 2. The van der Waals surface area contributed by atoms with Gasteiger partial charge in [-0.25, -0.2) is 4.98 Å². The number of carbonyl (C=O) groups is 2. The minimum absolute atomic E-state index is 0.0791. The molecule has 0 aromatic carbocycles. The summed E-state index contributed by atoms with van der Waals surface area (Å²) in [5.74, 6) is -0.213. The second-order valence-corrected chi connectivity index (χ2v) is 7.16. The number of nitrogens with one attached hydrogen (secondary N) is 1. The summed E-state index contributed by atoms with van der Waals surface area (Å²) in [6.07, 6.45) is 3.59. The highest BCUT2D eigenvalue weighted by Gasteiger charge is 2.28. The molecule has 1 N–H and O–H groups in total. The normalized spacial score (nSPS) is 19.5. The number of aromatic nitrogens is 2. The van der Waals surface area contributed by atoms with Gasteiger partial charge in [0.2, 0.25) is 0 Å². The predicted molar refractivity (Wildman–Crippen MR) is 92.4 cm³/mol. The molecule has 1 atom stereocenters. The highest BCUT2D eigenvalue weighted by molar-refractivity contribution is 7.15. The number of ether oxygens (including phenoxy) is 1. The number of thiazole rings is 1. The van der Waals surface area contributed by atoms with Crippen LogP contribution in [-0.4, -0.2) is 45.9 Å². The van der Waals surface area contributed by atoms with E-state index in [1.165, 1.54) is 11.3 Å². The van der Waals surface area contributed by atoms with Crippen molar-refractivity contribution in [1.29, 1.82) is 0 Å². The number of nitrogens with zero attached hydrogens (tertiary/aromatic N) is 3. The van der Waals surface area contributed by atoms with E-state index < -0.39 is 0 Å². The first-order valence-corrected chi connectivity index (χ1v) is 9.14. The van der Waals surface area contributed by atoms with Crippen LogP contribution in [0.1, 0.15) is 33.9 Å². The van der Waals surface area contributed by atoms with Gasteiger partial charge in [0, 0.05) is 30.6 Å². The Kier molecular flexibility index (Phi) is 4.46. The molecule has 2 aromatic heterocycles. The lowest BCUT2D eigenvalue weighted by molar-refractivity contribution is -0.124. The number of hydrogen-bond donors (Lipinski definition) is 1. The lowest BCUT2D eigenvalue weighted by Crippen LogP contribution is -2.35. The van der Waals surface area contributed by atoms with Gasteiger partial charge in [-0.3, -0.25) is 19.9 Å². The summed E-state index contributed by atoms with van der Waals surface area (Å²) < 4.78 is 5.39. The van der Waals surface area contributed by atoms with Crippen LogP contribution in [0.4, 0.5) is 5.13 Å². The summed E-state index contributed by atoms with van der Waals surface area (Å²) in [4.78, 5) is 36.1. The Hall–Kier alpha value is -2.32. The predicted octanol–water partition coefficient (Wildman–Crippen LogP) is 1.85. The molecule has 130 valence electrons. The number of amides is 2. The van der Waals surface area contributed by atoms with Gasteiger partial charge in [-0.15, -0.1) is 0 Å². The number of hydrogen-bond acceptors (Lipinski definition) is 6. The van der Waals surface area contributed by atoms with E-state index in [4.69, 9.17) is 4.74 Å². The number of rotatable bonds is 3. The molecule has 25 heavy (non-hydrogen) atoms. The fourth-order valence-electron chi connectivity index (χ4n) is 3.04. The Labute approximate surface area is 149 Å². The molecule has 0 saturated carbocycles. The third-order valence-electron chi connectivity index (χ3n) is 4.35. The first-order valence-electron chi connectivity index (χ1n) is 8.32. The molecule has 2 aliphatic heterocycles. The van der Waals surface area contributed by atoms with Crippen molar-refractivity contribution >= 4 is 28.3 Å². The molecule has 0 bridgehead atoms. The van der Waals surface area contributed by atoms with Crippen molar-refractivity contribution in [1.82, 2.24) is 14.9 Å². The average molecular weight is 358 g/mol. The molecule has 0 aliphatic carbocycles.